The van der Waals surface area contributed by atoms with Crippen molar-refractivity contribution in [2.75, 3.05) is 17.4 Å². The molecule has 2 amide bonds. The van der Waals surface area contributed by atoms with E-state index < -0.39 is 28.5 Å². The van der Waals surface area contributed by atoms with E-state index in [1.165, 1.54) is 29.2 Å². The lowest BCUT2D eigenvalue weighted by Crippen LogP contribution is -2.53. The van der Waals surface area contributed by atoms with Crippen LogP contribution >= 0.6 is 23.2 Å². The van der Waals surface area contributed by atoms with Crippen molar-refractivity contribution in [3.8, 4) is 0 Å². The van der Waals surface area contributed by atoms with Crippen LogP contribution in [0.15, 0.2) is 108 Å². The molecule has 4 rings (SSSR count). The van der Waals surface area contributed by atoms with E-state index in [1.807, 2.05) is 44.2 Å². The van der Waals surface area contributed by atoms with Gasteiger partial charge in [0.2, 0.25) is 11.8 Å². The lowest BCUT2D eigenvalue weighted by Gasteiger charge is -2.34. The van der Waals surface area contributed by atoms with Gasteiger partial charge >= 0.3 is 0 Å². The Kier molecular flexibility index (Phi) is 12.0. The second kappa shape index (κ2) is 15.9. The molecule has 1 unspecified atom stereocenters. The molecule has 0 bridgehead atoms. The Morgan fingerprint density at radius 2 is 1.40 bits per heavy atom. The van der Waals surface area contributed by atoms with E-state index in [0.717, 1.165) is 33.8 Å². The first kappa shape index (κ1) is 34.0. The van der Waals surface area contributed by atoms with Gasteiger partial charge in [0.05, 0.1) is 10.6 Å². The van der Waals surface area contributed by atoms with Crippen LogP contribution in [-0.2, 0) is 32.6 Å². The molecule has 1 N–H and O–H groups in total. The van der Waals surface area contributed by atoms with Crippen molar-refractivity contribution >= 4 is 50.7 Å². The van der Waals surface area contributed by atoms with Crippen molar-refractivity contribution in [2.24, 2.45) is 0 Å². The first-order chi connectivity index (χ1) is 21.6. The third-order valence-corrected chi connectivity index (χ3v) is 9.66. The number of halogens is 2. The number of anilines is 1. The van der Waals surface area contributed by atoms with Crippen molar-refractivity contribution in [3.05, 3.63) is 130 Å². The number of hydrogen-bond acceptors (Lipinski definition) is 4. The molecule has 0 aromatic heterocycles. The van der Waals surface area contributed by atoms with Gasteiger partial charge in [-0.3, -0.25) is 13.9 Å². The maximum atomic E-state index is 14.5. The predicted molar refractivity (Wildman–Crippen MR) is 181 cm³/mol. The monoisotopic (exact) mass is 665 g/mol. The number of nitrogens with one attached hydrogen (secondary N) is 1. The molecule has 1 atom stereocenters. The third-order valence-electron chi connectivity index (χ3n) is 7.37. The Morgan fingerprint density at radius 3 is 2.00 bits per heavy atom. The molecule has 0 saturated carbocycles. The number of carbonyl (C=O) groups excluding carboxylic acids is 2. The van der Waals surface area contributed by atoms with Crippen LogP contribution in [0.2, 0.25) is 10.0 Å². The first-order valence-corrected chi connectivity index (χ1v) is 17.0. The molecule has 0 aliphatic heterocycles. The number of aryl methyl sites for hydroxylation is 1. The van der Waals surface area contributed by atoms with Crippen molar-refractivity contribution in [1.82, 2.24) is 10.2 Å². The Labute approximate surface area is 275 Å². The van der Waals surface area contributed by atoms with Crippen molar-refractivity contribution in [2.45, 2.75) is 50.6 Å². The van der Waals surface area contributed by atoms with Gasteiger partial charge in [-0.1, -0.05) is 96.7 Å². The fraction of sp³-hybridized carbons (Fsp3) is 0.257. The number of nitrogens with zero attached hydrogens (tertiary/aromatic N) is 2. The van der Waals surface area contributed by atoms with Crippen LogP contribution in [0.4, 0.5) is 5.69 Å². The Morgan fingerprint density at radius 1 is 0.800 bits per heavy atom. The zero-order valence-corrected chi connectivity index (χ0v) is 27.7. The number of benzene rings is 4. The van der Waals surface area contributed by atoms with Crippen LogP contribution in [0.1, 0.15) is 36.5 Å². The first-order valence-electron chi connectivity index (χ1n) is 14.8. The van der Waals surface area contributed by atoms with Crippen molar-refractivity contribution in [3.63, 3.8) is 0 Å². The summed E-state index contributed by atoms with van der Waals surface area (Å²) < 4.78 is 29.2. The van der Waals surface area contributed by atoms with Crippen LogP contribution < -0.4 is 9.62 Å². The Bertz CT molecular complexity index is 1670. The highest BCUT2D eigenvalue weighted by Gasteiger charge is 2.34. The lowest BCUT2D eigenvalue weighted by atomic mass is 10.0. The van der Waals surface area contributed by atoms with Gasteiger partial charge in [-0.25, -0.2) is 8.42 Å². The molecule has 0 fully saturated rings. The predicted octanol–water partition coefficient (Wildman–Crippen LogP) is 7.05. The average molecular weight is 667 g/mol. The standard InChI is InChI=1S/C35H37Cl2N3O4S/c1-3-4-22-38-35(42)33(23-27-8-6-5-7-9-27)39(24-28-12-14-29(36)15-13-28)34(41)25-40(31-18-10-26(2)11-19-31)45(43,44)32-20-16-30(37)17-21-32/h5-21,33H,3-4,22-25H2,1-2H3,(H,38,42). The fourth-order valence-electron chi connectivity index (χ4n) is 4.82. The summed E-state index contributed by atoms with van der Waals surface area (Å²) in [7, 11) is -4.20. The molecule has 4 aromatic rings. The summed E-state index contributed by atoms with van der Waals surface area (Å²) in [5.41, 5.74) is 2.87. The van der Waals surface area contributed by atoms with Crippen LogP contribution in [0.25, 0.3) is 0 Å². The van der Waals surface area contributed by atoms with E-state index in [0.29, 0.717) is 22.3 Å². The quantitative estimate of drug-likeness (QED) is 0.146. The molecule has 0 radical (unpaired) electrons. The summed E-state index contributed by atoms with van der Waals surface area (Å²) in [6, 6.07) is 28.3. The largest absolute Gasteiger partial charge is 0.354 e. The smallest absolute Gasteiger partial charge is 0.264 e. The fourth-order valence-corrected chi connectivity index (χ4v) is 6.49. The number of hydrogen-bond donors (Lipinski definition) is 1. The summed E-state index contributed by atoms with van der Waals surface area (Å²) in [4.78, 5) is 29.7. The van der Waals surface area contributed by atoms with Gasteiger partial charge in [0.1, 0.15) is 12.6 Å². The molecule has 10 heteroatoms. The molecular weight excluding hydrogens is 629 g/mol. The summed E-state index contributed by atoms with van der Waals surface area (Å²) in [5.74, 6) is -0.841. The highest BCUT2D eigenvalue weighted by molar-refractivity contribution is 7.92. The van der Waals surface area contributed by atoms with Gasteiger partial charge in [-0.05, 0) is 73.0 Å². The molecule has 0 spiro atoms. The van der Waals surface area contributed by atoms with Gasteiger partial charge in [-0.15, -0.1) is 0 Å². The normalized spacial score (nSPS) is 11.9. The minimum Gasteiger partial charge on any atom is -0.354 e. The number of rotatable bonds is 14. The molecule has 236 valence electrons. The van der Waals surface area contributed by atoms with Crippen molar-refractivity contribution < 1.29 is 18.0 Å². The molecule has 7 nitrogen and oxygen atoms in total. The lowest BCUT2D eigenvalue weighted by molar-refractivity contribution is -0.140. The average Bonchev–Trinajstić information content (AvgIpc) is 3.03. The van der Waals surface area contributed by atoms with Gasteiger partial charge in [0.25, 0.3) is 10.0 Å². The van der Waals surface area contributed by atoms with E-state index >= 15 is 0 Å². The second-order valence-corrected chi connectivity index (χ2v) is 13.5. The highest BCUT2D eigenvalue weighted by atomic mass is 35.5. The van der Waals surface area contributed by atoms with Crippen LogP contribution in [0, 0.1) is 6.92 Å². The number of amides is 2. The Balaban J connectivity index is 1.78. The SMILES string of the molecule is CCCCNC(=O)C(Cc1ccccc1)N(Cc1ccc(Cl)cc1)C(=O)CN(c1ccc(C)cc1)S(=O)(=O)c1ccc(Cl)cc1. The van der Waals surface area contributed by atoms with Crippen LogP contribution in [0.5, 0.6) is 0 Å². The highest BCUT2D eigenvalue weighted by Crippen LogP contribution is 2.26. The number of unbranched alkanes of at least 4 members (excludes halogenated alkanes) is 1. The van der Waals surface area contributed by atoms with E-state index in [2.05, 4.69) is 5.32 Å². The van der Waals surface area contributed by atoms with E-state index in [1.54, 1.807) is 48.5 Å². The summed E-state index contributed by atoms with van der Waals surface area (Å²) >= 11 is 12.2. The topological polar surface area (TPSA) is 86.8 Å². The third kappa shape index (κ3) is 9.33. The van der Waals surface area contributed by atoms with E-state index in [9.17, 15) is 18.0 Å². The maximum absolute atomic E-state index is 14.5. The van der Waals surface area contributed by atoms with E-state index in [4.69, 9.17) is 23.2 Å². The van der Waals surface area contributed by atoms with Gasteiger partial charge in [0, 0.05) is 29.6 Å². The van der Waals surface area contributed by atoms with Crippen molar-refractivity contribution in [1.29, 1.82) is 0 Å². The summed E-state index contributed by atoms with van der Waals surface area (Å²) in [5, 5.41) is 3.91. The van der Waals surface area contributed by atoms with Gasteiger partial charge < -0.3 is 10.2 Å². The van der Waals surface area contributed by atoms with Crippen LogP contribution in [-0.4, -0.2) is 44.3 Å². The molecule has 0 aliphatic carbocycles. The molecule has 0 heterocycles. The van der Waals surface area contributed by atoms with E-state index in [-0.39, 0.29) is 23.8 Å². The molecule has 0 saturated heterocycles. The summed E-state index contributed by atoms with van der Waals surface area (Å²) in [6.45, 7) is 3.92. The zero-order valence-electron chi connectivity index (χ0n) is 25.3. The van der Waals surface area contributed by atoms with Gasteiger partial charge in [-0.2, -0.15) is 0 Å². The summed E-state index contributed by atoms with van der Waals surface area (Å²) in [6.07, 6.45) is 1.92. The van der Waals surface area contributed by atoms with Crippen LogP contribution in [0.3, 0.4) is 0 Å². The maximum Gasteiger partial charge on any atom is 0.264 e. The molecular formula is C35H37Cl2N3O4S. The molecule has 45 heavy (non-hydrogen) atoms. The molecule has 0 aliphatic rings. The minimum atomic E-state index is -4.20. The minimum absolute atomic E-state index is 0.0114. The molecule has 4 aromatic carbocycles. The van der Waals surface area contributed by atoms with Gasteiger partial charge in [0.15, 0.2) is 0 Å². The number of sulfonamides is 1. The second-order valence-electron chi connectivity index (χ2n) is 10.8. The Hall–Kier alpha value is -3.85. The zero-order chi connectivity index (χ0) is 32.4. The number of carbonyl (C=O) groups is 2.